The summed E-state index contributed by atoms with van der Waals surface area (Å²) in [5.74, 6) is 0.00214. The summed E-state index contributed by atoms with van der Waals surface area (Å²) in [6.45, 7) is 8.70. The zero-order valence-electron chi connectivity index (χ0n) is 10.8. The first-order valence-corrected chi connectivity index (χ1v) is 5.99. The molecular weight excluding hydrogens is 216 g/mol. The maximum atomic E-state index is 12.1. The number of Topliss-reactive ketones (excluding diaryl/α,β-unsaturated/α-hetero) is 3. The zero-order valence-corrected chi connectivity index (χ0v) is 10.8. The molecule has 0 unspecified atom stereocenters. The monoisotopic (exact) mass is 236 g/mol. The molecule has 1 saturated carbocycles. The van der Waals surface area contributed by atoms with E-state index in [1.807, 2.05) is 6.92 Å². The Bertz CT molecular complexity index is 381. The van der Waals surface area contributed by atoms with Crippen LogP contribution in [0, 0.1) is 11.3 Å². The molecule has 0 saturated heterocycles. The van der Waals surface area contributed by atoms with E-state index in [0.29, 0.717) is 25.7 Å². The third-order valence-corrected chi connectivity index (χ3v) is 3.84. The van der Waals surface area contributed by atoms with Crippen molar-refractivity contribution in [1.29, 1.82) is 0 Å². The number of carbonyl (C=O) groups is 3. The van der Waals surface area contributed by atoms with E-state index in [9.17, 15) is 14.4 Å². The number of ketones is 3. The van der Waals surface area contributed by atoms with Crippen LogP contribution in [0.4, 0.5) is 0 Å². The molecule has 0 aromatic carbocycles. The Morgan fingerprint density at radius 3 is 2.29 bits per heavy atom. The fraction of sp³-hybridized carbons (Fsp3) is 0.643. The lowest BCUT2D eigenvalue weighted by molar-refractivity contribution is -0.138. The van der Waals surface area contributed by atoms with Gasteiger partial charge in [-0.3, -0.25) is 9.59 Å². The highest BCUT2D eigenvalue weighted by Gasteiger charge is 2.49. The Balaban J connectivity index is 2.93. The van der Waals surface area contributed by atoms with E-state index < -0.39 is 5.41 Å². The quantitative estimate of drug-likeness (QED) is 0.544. The molecule has 1 aliphatic rings. The number of rotatable bonds is 5. The molecule has 0 N–H and O–H groups in total. The van der Waals surface area contributed by atoms with Crippen molar-refractivity contribution in [2.24, 2.45) is 11.3 Å². The molecule has 3 nitrogen and oxygen atoms in total. The lowest BCUT2D eigenvalue weighted by atomic mass is 9.76. The molecule has 0 spiro atoms. The second-order valence-corrected chi connectivity index (χ2v) is 5.22. The van der Waals surface area contributed by atoms with Gasteiger partial charge in [-0.2, -0.15) is 0 Å². The van der Waals surface area contributed by atoms with Gasteiger partial charge in [-0.25, -0.2) is 0 Å². The first-order chi connectivity index (χ1) is 7.79. The highest BCUT2D eigenvalue weighted by Crippen LogP contribution is 2.45. The molecule has 3 heteroatoms. The van der Waals surface area contributed by atoms with Crippen LogP contribution in [0.15, 0.2) is 12.2 Å². The Morgan fingerprint density at radius 2 is 1.94 bits per heavy atom. The van der Waals surface area contributed by atoms with Gasteiger partial charge >= 0.3 is 0 Å². The van der Waals surface area contributed by atoms with Crippen LogP contribution in [-0.2, 0) is 14.4 Å². The molecular formula is C14H20O3. The summed E-state index contributed by atoms with van der Waals surface area (Å²) in [4.78, 5) is 34.9. The van der Waals surface area contributed by atoms with E-state index in [1.165, 1.54) is 13.8 Å². The first-order valence-electron chi connectivity index (χ1n) is 5.99. The van der Waals surface area contributed by atoms with Gasteiger partial charge in [-0.1, -0.05) is 12.2 Å². The molecule has 0 bridgehead atoms. The number of carbonyl (C=O) groups excluding carboxylic acids is 3. The smallest absolute Gasteiger partial charge is 0.147 e. The zero-order chi connectivity index (χ0) is 13.2. The van der Waals surface area contributed by atoms with E-state index in [2.05, 4.69) is 6.58 Å². The SMILES string of the molecule is C=C(C)[C@@H]1CC(=O)[C@](CCC(C)=O)(C(C)=O)C1. The van der Waals surface area contributed by atoms with Crippen LogP contribution in [0.3, 0.4) is 0 Å². The van der Waals surface area contributed by atoms with Gasteiger partial charge in [0, 0.05) is 12.8 Å². The van der Waals surface area contributed by atoms with Crippen molar-refractivity contribution in [3.63, 3.8) is 0 Å². The molecule has 2 atom stereocenters. The van der Waals surface area contributed by atoms with Gasteiger partial charge in [0.05, 0.1) is 5.41 Å². The van der Waals surface area contributed by atoms with E-state index >= 15 is 0 Å². The minimum absolute atomic E-state index is 0.0146. The minimum Gasteiger partial charge on any atom is -0.300 e. The Hall–Kier alpha value is -1.25. The fourth-order valence-electron chi connectivity index (χ4n) is 2.52. The van der Waals surface area contributed by atoms with Gasteiger partial charge in [-0.15, -0.1) is 0 Å². The van der Waals surface area contributed by atoms with E-state index in [0.717, 1.165) is 5.57 Å². The molecule has 17 heavy (non-hydrogen) atoms. The normalized spacial score (nSPS) is 28.2. The average Bonchev–Trinajstić information content (AvgIpc) is 2.54. The molecule has 0 aliphatic heterocycles. The van der Waals surface area contributed by atoms with Gasteiger partial charge in [0.1, 0.15) is 17.3 Å². The number of hydrogen-bond donors (Lipinski definition) is 0. The maximum absolute atomic E-state index is 12.1. The summed E-state index contributed by atoms with van der Waals surface area (Å²) < 4.78 is 0. The standard InChI is InChI=1S/C14H20O3/c1-9(2)12-7-13(17)14(8-12,11(4)16)6-5-10(3)15/h12H,1,5-8H2,2-4H3/t12-,14+/m1/s1. The number of allylic oxidation sites excluding steroid dienone is 1. The lowest BCUT2D eigenvalue weighted by Gasteiger charge is -2.24. The second-order valence-electron chi connectivity index (χ2n) is 5.22. The van der Waals surface area contributed by atoms with Gasteiger partial charge in [0.25, 0.3) is 0 Å². The molecule has 0 heterocycles. The van der Waals surface area contributed by atoms with Gasteiger partial charge in [-0.05, 0) is 39.5 Å². The Morgan fingerprint density at radius 1 is 1.35 bits per heavy atom. The van der Waals surface area contributed by atoms with Crippen LogP contribution < -0.4 is 0 Å². The third-order valence-electron chi connectivity index (χ3n) is 3.84. The Labute approximate surface area is 102 Å². The highest BCUT2D eigenvalue weighted by molar-refractivity contribution is 6.08. The minimum atomic E-state index is -0.921. The molecule has 1 aliphatic carbocycles. The molecule has 94 valence electrons. The average molecular weight is 236 g/mol. The highest BCUT2D eigenvalue weighted by atomic mass is 16.2. The van der Waals surface area contributed by atoms with Crippen molar-refractivity contribution >= 4 is 17.3 Å². The van der Waals surface area contributed by atoms with Crippen LogP contribution in [-0.4, -0.2) is 17.3 Å². The van der Waals surface area contributed by atoms with E-state index in [4.69, 9.17) is 0 Å². The maximum Gasteiger partial charge on any atom is 0.147 e. The summed E-state index contributed by atoms with van der Waals surface area (Å²) in [6.07, 6.45) is 1.59. The van der Waals surface area contributed by atoms with E-state index in [1.54, 1.807) is 0 Å². The summed E-state index contributed by atoms with van der Waals surface area (Å²) >= 11 is 0. The van der Waals surface area contributed by atoms with Crippen molar-refractivity contribution in [2.75, 3.05) is 0 Å². The predicted octanol–water partition coefficient (Wildman–Crippen LogP) is 2.49. The molecule has 1 fully saturated rings. The molecule has 0 amide bonds. The van der Waals surface area contributed by atoms with Crippen LogP contribution in [0.5, 0.6) is 0 Å². The number of hydrogen-bond acceptors (Lipinski definition) is 3. The summed E-state index contributed by atoms with van der Waals surface area (Å²) in [5.41, 5.74) is 0.0271. The third kappa shape index (κ3) is 2.71. The van der Waals surface area contributed by atoms with Gasteiger partial charge in [0.15, 0.2) is 0 Å². The molecule has 0 aromatic heterocycles. The van der Waals surface area contributed by atoms with Crippen LogP contribution >= 0.6 is 0 Å². The molecule has 0 aromatic rings. The topological polar surface area (TPSA) is 51.2 Å². The second kappa shape index (κ2) is 4.94. The fourth-order valence-corrected chi connectivity index (χ4v) is 2.52. The van der Waals surface area contributed by atoms with Crippen molar-refractivity contribution in [3.05, 3.63) is 12.2 Å². The van der Waals surface area contributed by atoms with Crippen molar-refractivity contribution < 1.29 is 14.4 Å². The van der Waals surface area contributed by atoms with Gasteiger partial charge < -0.3 is 4.79 Å². The van der Waals surface area contributed by atoms with Crippen molar-refractivity contribution in [3.8, 4) is 0 Å². The summed E-state index contributed by atoms with van der Waals surface area (Å²) in [6, 6.07) is 0. The van der Waals surface area contributed by atoms with Crippen molar-refractivity contribution in [2.45, 2.75) is 46.5 Å². The lowest BCUT2D eigenvalue weighted by Crippen LogP contribution is -2.34. The van der Waals surface area contributed by atoms with Crippen molar-refractivity contribution in [1.82, 2.24) is 0 Å². The van der Waals surface area contributed by atoms with E-state index in [-0.39, 0.29) is 23.3 Å². The first kappa shape index (κ1) is 13.8. The van der Waals surface area contributed by atoms with Crippen LogP contribution in [0.25, 0.3) is 0 Å². The molecule has 0 radical (unpaired) electrons. The van der Waals surface area contributed by atoms with Crippen LogP contribution in [0.2, 0.25) is 0 Å². The largest absolute Gasteiger partial charge is 0.300 e. The Kier molecular flexibility index (Phi) is 4.02. The van der Waals surface area contributed by atoms with Crippen LogP contribution in [0.1, 0.15) is 46.5 Å². The predicted molar refractivity (Wildman–Crippen MR) is 65.6 cm³/mol. The summed E-state index contributed by atoms with van der Waals surface area (Å²) in [7, 11) is 0. The molecule has 1 rings (SSSR count). The van der Waals surface area contributed by atoms with Gasteiger partial charge in [0.2, 0.25) is 0 Å². The summed E-state index contributed by atoms with van der Waals surface area (Å²) in [5, 5.41) is 0.